The third kappa shape index (κ3) is 6.51. The third-order valence-corrected chi connectivity index (χ3v) is 3.10. The van der Waals surface area contributed by atoms with Crippen LogP contribution in [0.4, 0.5) is 0 Å². The van der Waals surface area contributed by atoms with Gasteiger partial charge in [0, 0.05) is 14.2 Å². The molecule has 2 N–H and O–H groups in total. The molecule has 0 radical (unpaired) electrons. The third-order valence-electron chi connectivity index (χ3n) is 3.10. The summed E-state index contributed by atoms with van der Waals surface area (Å²) in [6.07, 6.45) is 0. The molecule has 4 rings (SSSR count). The van der Waals surface area contributed by atoms with Crippen LogP contribution in [0.2, 0.25) is 0 Å². The summed E-state index contributed by atoms with van der Waals surface area (Å²) in [7, 11) is 2.00. The van der Waals surface area contributed by atoms with Gasteiger partial charge in [-0.15, -0.1) is 59.3 Å². The van der Waals surface area contributed by atoms with Crippen molar-refractivity contribution in [1.29, 1.82) is 0 Å². The van der Waals surface area contributed by atoms with E-state index in [2.05, 4.69) is 84.9 Å². The molecule has 0 saturated carbocycles. The molecule has 0 bridgehead atoms. The van der Waals surface area contributed by atoms with E-state index in [-0.39, 0.29) is 21.7 Å². The van der Waals surface area contributed by atoms with E-state index in [1.54, 1.807) is 0 Å². The van der Waals surface area contributed by atoms with Gasteiger partial charge in [0.1, 0.15) is 0 Å². The van der Waals surface area contributed by atoms with E-state index in [4.69, 9.17) is 10.2 Å². The first-order valence-electron chi connectivity index (χ1n) is 7.04. The van der Waals surface area contributed by atoms with Gasteiger partial charge in [-0.1, -0.05) is 12.1 Å². The normalized spacial score (nSPS) is 8.52. The summed E-state index contributed by atoms with van der Waals surface area (Å²) in [5.74, 6) is 0. The second kappa shape index (κ2) is 12.8. The fraction of sp³-hybridized carbons (Fsp3) is 0.100. The average molecular weight is 342 g/mol. The molecule has 4 aromatic rings. The van der Waals surface area contributed by atoms with Gasteiger partial charge in [0.25, 0.3) is 0 Å². The molecular formula is C20H22O2Ti. The van der Waals surface area contributed by atoms with Crippen LogP contribution in [0.1, 0.15) is 0 Å². The predicted molar refractivity (Wildman–Crippen MR) is 95.4 cm³/mol. The first-order chi connectivity index (χ1) is 10.9. The Kier molecular flexibility index (Phi) is 11.9. The molecule has 0 aliphatic heterocycles. The minimum Gasteiger partial charge on any atom is -0.400 e. The molecule has 4 aromatic carbocycles. The van der Waals surface area contributed by atoms with Gasteiger partial charge in [-0.2, -0.15) is 35.0 Å². The van der Waals surface area contributed by atoms with Crippen LogP contribution in [0, 0.1) is 0 Å². The van der Waals surface area contributed by atoms with Crippen LogP contribution in [0.25, 0.3) is 21.5 Å². The molecule has 0 aliphatic rings. The number of hydrogen-bond donors (Lipinski definition) is 2. The van der Waals surface area contributed by atoms with Crippen LogP contribution in [-0.4, -0.2) is 24.4 Å². The first-order valence-corrected chi connectivity index (χ1v) is 7.04. The summed E-state index contributed by atoms with van der Waals surface area (Å²) in [6.45, 7) is 0. The first kappa shape index (κ1) is 21.3. The van der Waals surface area contributed by atoms with Crippen LogP contribution in [0.3, 0.4) is 0 Å². The van der Waals surface area contributed by atoms with Crippen LogP contribution >= 0.6 is 0 Å². The SMILES string of the molecule is CO.CO.[Ti+2].c1ccc2[cH-]ccc2c1.c1ccc2[cH-]ccc2c1. The van der Waals surface area contributed by atoms with E-state index < -0.39 is 0 Å². The number of aliphatic hydroxyl groups excluding tert-OH is 2. The van der Waals surface area contributed by atoms with E-state index in [1.165, 1.54) is 21.5 Å². The Morgan fingerprint density at radius 3 is 1.26 bits per heavy atom. The van der Waals surface area contributed by atoms with Crippen molar-refractivity contribution in [1.82, 2.24) is 0 Å². The minimum absolute atomic E-state index is 0. The van der Waals surface area contributed by atoms with E-state index >= 15 is 0 Å². The summed E-state index contributed by atoms with van der Waals surface area (Å²) in [4.78, 5) is 0. The fourth-order valence-electron chi connectivity index (χ4n) is 2.14. The van der Waals surface area contributed by atoms with Gasteiger partial charge in [0.05, 0.1) is 0 Å². The maximum absolute atomic E-state index is 7.00. The van der Waals surface area contributed by atoms with Crippen LogP contribution in [0.5, 0.6) is 0 Å². The van der Waals surface area contributed by atoms with Crippen molar-refractivity contribution in [3.63, 3.8) is 0 Å². The molecule has 0 aromatic heterocycles. The monoisotopic (exact) mass is 342 g/mol. The van der Waals surface area contributed by atoms with Gasteiger partial charge in [-0.3, -0.25) is 0 Å². The largest absolute Gasteiger partial charge is 2.00 e. The molecule has 23 heavy (non-hydrogen) atoms. The Labute approximate surface area is 152 Å². The molecular weight excluding hydrogens is 320 g/mol. The molecule has 0 amide bonds. The Bertz CT molecular complexity index is 630. The molecule has 3 heteroatoms. The van der Waals surface area contributed by atoms with Gasteiger partial charge in [0.15, 0.2) is 0 Å². The van der Waals surface area contributed by atoms with Crippen molar-refractivity contribution >= 4 is 21.5 Å². The van der Waals surface area contributed by atoms with Crippen molar-refractivity contribution in [3.05, 3.63) is 84.9 Å². The minimum atomic E-state index is 0. The number of rotatable bonds is 0. The summed E-state index contributed by atoms with van der Waals surface area (Å²) in [5, 5.41) is 19.3. The Hall–Kier alpha value is -1.71. The topological polar surface area (TPSA) is 40.5 Å². The smallest absolute Gasteiger partial charge is 0.400 e. The fourth-order valence-corrected chi connectivity index (χ4v) is 2.14. The van der Waals surface area contributed by atoms with Crippen molar-refractivity contribution in [2.24, 2.45) is 0 Å². The van der Waals surface area contributed by atoms with Gasteiger partial charge in [-0.25, -0.2) is 0 Å². The molecule has 0 fully saturated rings. The molecule has 0 unspecified atom stereocenters. The molecule has 0 atom stereocenters. The van der Waals surface area contributed by atoms with E-state index in [9.17, 15) is 0 Å². The molecule has 0 saturated heterocycles. The maximum atomic E-state index is 7.00. The Morgan fingerprint density at radius 2 is 0.913 bits per heavy atom. The van der Waals surface area contributed by atoms with Crippen LogP contribution in [-0.2, 0) is 21.7 Å². The molecule has 118 valence electrons. The number of fused-ring (bicyclic) bond motifs is 2. The molecule has 0 heterocycles. The number of aliphatic hydroxyl groups is 2. The van der Waals surface area contributed by atoms with Crippen molar-refractivity contribution in [2.45, 2.75) is 0 Å². The zero-order valence-electron chi connectivity index (χ0n) is 13.5. The summed E-state index contributed by atoms with van der Waals surface area (Å²) < 4.78 is 0. The molecule has 0 aliphatic carbocycles. The predicted octanol–water partition coefficient (Wildman–Crippen LogP) is 4.33. The number of benzene rings is 2. The average Bonchev–Trinajstić information content (AvgIpc) is 3.28. The van der Waals surface area contributed by atoms with Gasteiger partial charge >= 0.3 is 21.7 Å². The second-order valence-electron chi connectivity index (χ2n) is 4.31. The van der Waals surface area contributed by atoms with Gasteiger partial charge in [-0.05, 0) is 0 Å². The van der Waals surface area contributed by atoms with Crippen LogP contribution < -0.4 is 0 Å². The van der Waals surface area contributed by atoms with Crippen molar-refractivity contribution in [3.8, 4) is 0 Å². The summed E-state index contributed by atoms with van der Waals surface area (Å²) >= 11 is 0. The van der Waals surface area contributed by atoms with E-state index in [0.29, 0.717) is 0 Å². The van der Waals surface area contributed by atoms with E-state index in [0.717, 1.165) is 14.2 Å². The maximum Gasteiger partial charge on any atom is 2.00 e. The summed E-state index contributed by atoms with van der Waals surface area (Å²) in [6, 6.07) is 29.3. The van der Waals surface area contributed by atoms with Gasteiger partial charge < -0.3 is 10.2 Å². The molecule has 0 spiro atoms. The Balaban J connectivity index is 0.000000335. The summed E-state index contributed by atoms with van der Waals surface area (Å²) in [5.41, 5.74) is 0. The standard InChI is InChI=1S/2C9H7.2CH4O.Ti/c2*1-2-5-9-7-3-6-8(9)4-1;2*1-2;/h2*1-7H;2*2H,1H3;/q2*-1;;;+2. The van der Waals surface area contributed by atoms with Crippen molar-refractivity contribution in [2.75, 3.05) is 14.2 Å². The zero-order chi connectivity index (χ0) is 16.2. The zero-order valence-corrected chi connectivity index (χ0v) is 15.0. The Morgan fingerprint density at radius 1 is 0.565 bits per heavy atom. The van der Waals surface area contributed by atoms with E-state index in [1.807, 2.05) is 0 Å². The van der Waals surface area contributed by atoms with Gasteiger partial charge in [0.2, 0.25) is 0 Å². The quantitative estimate of drug-likeness (QED) is 0.369. The molecule has 2 nitrogen and oxygen atoms in total. The van der Waals surface area contributed by atoms with Crippen molar-refractivity contribution < 1.29 is 31.9 Å². The second-order valence-corrected chi connectivity index (χ2v) is 4.31. The van der Waals surface area contributed by atoms with Crippen LogP contribution in [0.15, 0.2) is 84.9 Å². The number of hydrogen-bond acceptors (Lipinski definition) is 2.